The van der Waals surface area contributed by atoms with E-state index in [-0.39, 0.29) is 0 Å². The maximum absolute atomic E-state index is 5.86. The highest BCUT2D eigenvalue weighted by atomic mass is 33.1. The van der Waals surface area contributed by atoms with E-state index in [0.29, 0.717) is 10.8 Å². The average Bonchev–Trinajstić information content (AvgIpc) is 3.05. The van der Waals surface area contributed by atoms with Crippen molar-refractivity contribution in [3.05, 3.63) is 23.5 Å². The van der Waals surface area contributed by atoms with Crippen molar-refractivity contribution in [3.63, 3.8) is 0 Å². The van der Waals surface area contributed by atoms with E-state index in [0.717, 1.165) is 46.3 Å². The van der Waals surface area contributed by atoms with Gasteiger partial charge in [0, 0.05) is 22.9 Å². The minimum absolute atomic E-state index is 0.470. The molecule has 3 saturated carbocycles. The molecule has 164 valence electrons. The summed E-state index contributed by atoms with van der Waals surface area (Å²) in [6.45, 7) is 10.2. The Balaban J connectivity index is 1.46. The zero-order valence-electron chi connectivity index (χ0n) is 19.0. The summed E-state index contributed by atoms with van der Waals surface area (Å²) in [6.07, 6.45) is 15.6. The van der Waals surface area contributed by atoms with Gasteiger partial charge in [0.1, 0.15) is 0 Å². The molecule has 3 fully saturated rings. The third kappa shape index (κ3) is 3.79. The Hall–Kier alpha value is -0.220. The zero-order valence-corrected chi connectivity index (χ0v) is 20.6. The van der Waals surface area contributed by atoms with Crippen LogP contribution in [-0.4, -0.2) is 11.0 Å². The van der Waals surface area contributed by atoms with Crippen molar-refractivity contribution in [2.45, 2.75) is 84.3 Å². The van der Waals surface area contributed by atoms with Crippen molar-refractivity contribution >= 4 is 21.6 Å². The topological polar surface area (TPSA) is 52.0 Å². The van der Waals surface area contributed by atoms with Gasteiger partial charge in [-0.1, -0.05) is 60.9 Å². The van der Waals surface area contributed by atoms with Crippen molar-refractivity contribution in [3.8, 4) is 0 Å². The van der Waals surface area contributed by atoms with Crippen LogP contribution in [0.4, 0.5) is 0 Å². The second-order valence-electron chi connectivity index (χ2n) is 11.2. The van der Waals surface area contributed by atoms with Crippen LogP contribution in [0, 0.1) is 40.4 Å². The molecule has 0 aliphatic heterocycles. The van der Waals surface area contributed by atoms with Crippen LogP contribution in [0.5, 0.6) is 0 Å². The monoisotopic (exact) mass is 434 g/mol. The summed E-state index contributed by atoms with van der Waals surface area (Å²) in [7, 11) is 3.93. The minimum atomic E-state index is 0.470. The van der Waals surface area contributed by atoms with Crippen LogP contribution in [0.15, 0.2) is 23.5 Å². The number of hydrogen-bond donors (Lipinski definition) is 2. The fourth-order valence-corrected chi connectivity index (χ4v) is 10.7. The van der Waals surface area contributed by atoms with Crippen molar-refractivity contribution < 1.29 is 0 Å². The van der Waals surface area contributed by atoms with Gasteiger partial charge in [-0.3, -0.25) is 0 Å². The Morgan fingerprint density at radius 1 is 1.17 bits per heavy atom. The molecule has 4 N–H and O–H groups in total. The lowest BCUT2D eigenvalue weighted by atomic mass is 9.47. The first-order valence-corrected chi connectivity index (χ1v) is 14.3. The smallest absolute Gasteiger partial charge is 0.0449 e. The Bertz CT molecular complexity index is 672. The van der Waals surface area contributed by atoms with E-state index >= 15 is 0 Å². The molecule has 0 aromatic carbocycles. The normalized spacial score (nSPS) is 44.8. The predicted octanol–water partition coefficient (Wildman–Crippen LogP) is 6.73. The van der Waals surface area contributed by atoms with Crippen molar-refractivity contribution in [1.82, 2.24) is 0 Å². The van der Waals surface area contributed by atoms with Crippen LogP contribution in [0.3, 0.4) is 0 Å². The number of fused-ring (bicyclic) bond motifs is 5. The quantitative estimate of drug-likeness (QED) is 0.372. The molecule has 4 aliphatic rings. The lowest BCUT2D eigenvalue weighted by Gasteiger charge is -2.58. The molecular formula is C25H42N2S2. The van der Waals surface area contributed by atoms with E-state index in [9.17, 15) is 0 Å². The number of rotatable bonds is 5. The molecule has 2 nitrogen and oxygen atoms in total. The highest BCUT2D eigenvalue weighted by Gasteiger charge is 2.58. The maximum atomic E-state index is 5.86. The third-order valence-electron chi connectivity index (χ3n) is 9.58. The molecule has 0 aromatic heterocycles. The van der Waals surface area contributed by atoms with Gasteiger partial charge in [0.15, 0.2) is 0 Å². The second kappa shape index (κ2) is 8.37. The van der Waals surface area contributed by atoms with Gasteiger partial charge in [-0.15, -0.1) is 0 Å². The van der Waals surface area contributed by atoms with E-state index in [2.05, 4.69) is 33.8 Å². The molecule has 0 amide bonds. The Morgan fingerprint density at radius 2 is 1.97 bits per heavy atom. The molecule has 0 radical (unpaired) electrons. The number of nitrogens with two attached hydrogens (primary N) is 2. The van der Waals surface area contributed by atoms with Crippen molar-refractivity contribution in [2.24, 2.45) is 51.9 Å². The molecule has 0 aromatic rings. The van der Waals surface area contributed by atoms with Gasteiger partial charge in [-0.2, -0.15) is 0 Å². The first-order chi connectivity index (χ1) is 13.8. The molecule has 4 aliphatic carbocycles. The molecule has 29 heavy (non-hydrogen) atoms. The van der Waals surface area contributed by atoms with Crippen LogP contribution < -0.4 is 11.5 Å². The summed E-state index contributed by atoms with van der Waals surface area (Å²) in [6, 6.07) is 0. The van der Waals surface area contributed by atoms with E-state index in [4.69, 9.17) is 11.5 Å². The largest absolute Gasteiger partial charge is 0.403 e. The Kier molecular flexibility index (Phi) is 6.35. The summed E-state index contributed by atoms with van der Waals surface area (Å²) in [5.41, 5.74) is 15.0. The van der Waals surface area contributed by atoms with Crippen LogP contribution >= 0.6 is 21.6 Å². The van der Waals surface area contributed by atoms with Gasteiger partial charge in [-0.25, -0.2) is 0 Å². The van der Waals surface area contributed by atoms with Gasteiger partial charge in [-0.05, 0) is 91.8 Å². The van der Waals surface area contributed by atoms with Crippen LogP contribution in [-0.2, 0) is 0 Å². The van der Waals surface area contributed by atoms with Gasteiger partial charge < -0.3 is 11.5 Å². The summed E-state index contributed by atoms with van der Waals surface area (Å²) >= 11 is 0. The number of allylic oxidation sites excluding steroid dienone is 2. The molecule has 7 atom stereocenters. The molecule has 0 spiro atoms. The predicted molar refractivity (Wildman–Crippen MR) is 130 cm³/mol. The highest BCUT2D eigenvalue weighted by Crippen LogP contribution is 2.67. The van der Waals surface area contributed by atoms with Crippen LogP contribution in [0.25, 0.3) is 0 Å². The Labute approximate surface area is 186 Å². The summed E-state index contributed by atoms with van der Waals surface area (Å²) < 4.78 is 0. The minimum Gasteiger partial charge on any atom is -0.403 e. The Morgan fingerprint density at radius 3 is 2.69 bits per heavy atom. The fourth-order valence-electron chi connectivity index (χ4n) is 8.09. The summed E-state index contributed by atoms with van der Waals surface area (Å²) in [5, 5.41) is 0.743. The molecule has 7 unspecified atom stereocenters. The maximum Gasteiger partial charge on any atom is 0.0449 e. The lowest BCUT2D eigenvalue weighted by molar-refractivity contribution is -0.0477. The van der Waals surface area contributed by atoms with Crippen molar-refractivity contribution in [2.75, 3.05) is 5.75 Å². The van der Waals surface area contributed by atoms with E-state index < -0.39 is 0 Å². The van der Waals surface area contributed by atoms with Crippen LogP contribution in [0.1, 0.15) is 79.1 Å². The number of hydrogen-bond acceptors (Lipinski definition) is 4. The molecule has 4 heteroatoms. The van der Waals surface area contributed by atoms with E-state index in [1.165, 1.54) is 51.4 Å². The average molecular weight is 435 g/mol. The first kappa shape index (κ1) is 22.0. The van der Waals surface area contributed by atoms with E-state index in [1.807, 2.05) is 21.6 Å². The lowest BCUT2D eigenvalue weighted by Crippen LogP contribution is -2.50. The summed E-state index contributed by atoms with van der Waals surface area (Å²) in [4.78, 5) is 0. The van der Waals surface area contributed by atoms with Gasteiger partial charge in [0.05, 0.1) is 0 Å². The third-order valence-corrected chi connectivity index (χ3v) is 12.4. The molecule has 0 bridgehead atoms. The standard InChI is InChI=1S/C25H42N2S2/c1-16(2)21-7-8-22-20-6-5-17-13-19(29-28-15-18(27)14-26)9-11-24(17,3)23(20)10-12-25(21,22)4/h5,14,16,19-23H,6-13,15,26-27H2,1-4H3/b18-14-. The molecule has 4 rings (SSSR count). The van der Waals surface area contributed by atoms with Crippen molar-refractivity contribution in [1.29, 1.82) is 0 Å². The first-order valence-electron chi connectivity index (χ1n) is 11.9. The summed E-state index contributed by atoms with van der Waals surface area (Å²) in [5.74, 6) is 5.48. The zero-order chi connectivity index (χ0) is 20.8. The van der Waals surface area contributed by atoms with Crippen LogP contribution in [0.2, 0.25) is 0 Å². The van der Waals surface area contributed by atoms with Gasteiger partial charge >= 0.3 is 0 Å². The second-order valence-corrected chi connectivity index (χ2v) is 13.9. The molecule has 0 saturated heterocycles. The highest BCUT2D eigenvalue weighted by molar-refractivity contribution is 8.77. The fraction of sp³-hybridized carbons (Fsp3) is 0.840. The molecular weight excluding hydrogens is 392 g/mol. The van der Waals surface area contributed by atoms with Gasteiger partial charge in [0.25, 0.3) is 0 Å². The SMILES string of the molecule is CC(C)C1CCC2C3CC=C4CC(SSC/C(N)=C/N)CCC4(C)C3CCC12C. The van der Waals surface area contributed by atoms with E-state index in [1.54, 1.807) is 11.8 Å². The van der Waals surface area contributed by atoms with Gasteiger partial charge in [0.2, 0.25) is 0 Å². The molecule has 0 heterocycles.